The van der Waals surface area contributed by atoms with Gasteiger partial charge in [-0.25, -0.2) is 0 Å². The van der Waals surface area contributed by atoms with E-state index in [2.05, 4.69) is 22.1 Å². The highest BCUT2D eigenvalue weighted by atomic mass is 32.1. The molecule has 0 aliphatic rings. The normalized spacial score (nSPS) is 10.5. The van der Waals surface area contributed by atoms with E-state index < -0.39 is 0 Å². The molecule has 2 nitrogen and oxygen atoms in total. The van der Waals surface area contributed by atoms with Crippen molar-refractivity contribution in [3.63, 3.8) is 0 Å². The molecule has 0 bridgehead atoms. The average molecular weight is 233 g/mol. The van der Waals surface area contributed by atoms with Gasteiger partial charge in [0.1, 0.15) is 5.75 Å². The van der Waals surface area contributed by atoms with Gasteiger partial charge in [-0.15, -0.1) is 0 Å². The summed E-state index contributed by atoms with van der Waals surface area (Å²) in [5.74, 6) is 0.366. The fourth-order valence-electron chi connectivity index (χ4n) is 1.55. The van der Waals surface area contributed by atoms with E-state index in [1.807, 2.05) is 18.2 Å². The second-order valence-electron chi connectivity index (χ2n) is 3.69. The van der Waals surface area contributed by atoms with Crippen molar-refractivity contribution in [2.45, 2.75) is 13.0 Å². The van der Waals surface area contributed by atoms with Crippen LogP contribution in [0.2, 0.25) is 0 Å². The molecule has 0 unspecified atom stereocenters. The molecule has 1 aromatic heterocycles. The van der Waals surface area contributed by atoms with Crippen LogP contribution < -0.4 is 5.32 Å². The third-order valence-electron chi connectivity index (χ3n) is 2.48. The number of aromatic hydroxyl groups is 1. The largest absolute Gasteiger partial charge is 0.508 e. The molecule has 2 rings (SSSR count). The summed E-state index contributed by atoms with van der Waals surface area (Å²) in [5, 5.41) is 17.1. The molecule has 0 amide bonds. The topological polar surface area (TPSA) is 32.3 Å². The van der Waals surface area contributed by atoms with Crippen LogP contribution in [0.25, 0.3) is 0 Å². The molecule has 1 heterocycles. The van der Waals surface area contributed by atoms with Crippen LogP contribution in [0.5, 0.6) is 5.75 Å². The van der Waals surface area contributed by atoms with Gasteiger partial charge >= 0.3 is 0 Å². The molecule has 0 atom stereocenters. The highest BCUT2D eigenvalue weighted by Crippen LogP contribution is 2.14. The van der Waals surface area contributed by atoms with Gasteiger partial charge in [0.15, 0.2) is 0 Å². The number of thiophene rings is 1. The lowest BCUT2D eigenvalue weighted by atomic mass is 10.2. The Morgan fingerprint density at radius 3 is 2.81 bits per heavy atom. The minimum Gasteiger partial charge on any atom is -0.508 e. The number of hydrogen-bond acceptors (Lipinski definition) is 3. The summed E-state index contributed by atoms with van der Waals surface area (Å²) in [6, 6.07) is 9.58. The standard InChI is InChI=1S/C13H15NOS/c15-13-4-2-1-3-12(13)9-14-7-5-11-6-8-16-10-11/h1-4,6,8,10,14-15H,5,7,9H2. The van der Waals surface area contributed by atoms with E-state index >= 15 is 0 Å². The summed E-state index contributed by atoms with van der Waals surface area (Å²) < 4.78 is 0. The van der Waals surface area contributed by atoms with Gasteiger partial charge in [0.2, 0.25) is 0 Å². The SMILES string of the molecule is Oc1ccccc1CNCCc1ccsc1. The maximum absolute atomic E-state index is 9.56. The Morgan fingerprint density at radius 2 is 2.06 bits per heavy atom. The third-order valence-corrected chi connectivity index (χ3v) is 3.21. The lowest BCUT2D eigenvalue weighted by Gasteiger charge is -2.05. The van der Waals surface area contributed by atoms with Gasteiger partial charge in [0, 0.05) is 12.1 Å². The van der Waals surface area contributed by atoms with Gasteiger partial charge in [0.25, 0.3) is 0 Å². The Bertz CT molecular complexity index is 425. The molecule has 0 fully saturated rings. The Morgan fingerprint density at radius 1 is 1.19 bits per heavy atom. The van der Waals surface area contributed by atoms with Crippen molar-refractivity contribution in [1.82, 2.24) is 5.32 Å². The summed E-state index contributed by atoms with van der Waals surface area (Å²) in [6.45, 7) is 1.65. The second kappa shape index (κ2) is 5.68. The maximum Gasteiger partial charge on any atom is 0.120 e. The number of phenols is 1. The van der Waals surface area contributed by atoms with E-state index in [-0.39, 0.29) is 0 Å². The smallest absolute Gasteiger partial charge is 0.120 e. The van der Waals surface area contributed by atoms with Crippen LogP contribution in [0.4, 0.5) is 0 Å². The number of nitrogens with one attached hydrogen (secondary N) is 1. The first-order valence-corrected chi connectivity index (χ1v) is 6.29. The Kier molecular flexibility index (Phi) is 3.97. The van der Waals surface area contributed by atoms with Crippen LogP contribution in [0, 0.1) is 0 Å². The number of benzene rings is 1. The number of hydrogen-bond donors (Lipinski definition) is 2. The van der Waals surface area contributed by atoms with Crippen LogP contribution in [-0.2, 0) is 13.0 Å². The molecule has 0 aliphatic carbocycles. The van der Waals surface area contributed by atoms with E-state index in [0.29, 0.717) is 5.75 Å². The predicted molar refractivity (Wildman–Crippen MR) is 67.8 cm³/mol. The highest BCUT2D eigenvalue weighted by Gasteiger charge is 1.98. The Labute approximate surface area is 99.6 Å². The van der Waals surface area contributed by atoms with Gasteiger partial charge in [-0.3, -0.25) is 0 Å². The molecule has 0 saturated heterocycles. The minimum atomic E-state index is 0.366. The van der Waals surface area contributed by atoms with Gasteiger partial charge in [-0.2, -0.15) is 11.3 Å². The molecular weight excluding hydrogens is 218 g/mol. The van der Waals surface area contributed by atoms with Gasteiger partial charge in [-0.1, -0.05) is 18.2 Å². The lowest BCUT2D eigenvalue weighted by molar-refractivity contribution is 0.464. The number of para-hydroxylation sites is 1. The fraction of sp³-hybridized carbons (Fsp3) is 0.231. The quantitative estimate of drug-likeness (QED) is 0.778. The van der Waals surface area contributed by atoms with E-state index in [9.17, 15) is 5.11 Å². The second-order valence-corrected chi connectivity index (χ2v) is 4.47. The van der Waals surface area contributed by atoms with Crippen LogP contribution in [-0.4, -0.2) is 11.7 Å². The van der Waals surface area contributed by atoms with Gasteiger partial charge in [-0.05, 0) is 41.4 Å². The van der Waals surface area contributed by atoms with Crippen LogP contribution >= 0.6 is 11.3 Å². The summed E-state index contributed by atoms with van der Waals surface area (Å²) in [6.07, 6.45) is 1.04. The molecule has 1 aromatic carbocycles. The molecule has 2 aromatic rings. The van der Waals surface area contributed by atoms with E-state index in [0.717, 1.165) is 25.1 Å². The molecule has 16 heavy (non-hydrogen) atoms. The molecule has 0 radical (unpaired) electrons. The van der Waals surface area contributed by atoms with Crippen molar-refractivity contribution >= 4 is 11.3 Å². The third kappa shape index (κ3) is 3.08. The number of phenolic OH excluding ortho intramolecular Hbond substituents is 1. The molecule has 0 spiro atoms. The van der Waals surface area contributed by atoms with E-state index in [1.54, 1.807) is 17.4 Å². The Balaban J connectivity index is 1.74. The first kappa shape index (κ1) is 11.2. The van der Waals surface area contributed by atoms with E-state index in [4.69, 9.17) is 0 Å². The predicted octanol–water partition coefficient (Wildman–Crippen LogP) is 2.79. The van der Waals surface area contributed by atoms with Crippen LogP contribution in [0.15, 0.2) is 41.1 Å². The Hall–Kier alpha value is -1.32. The maximum atomic E-state index is 9.56. The van der Waals surface area contributed by atoms with Crippen molar-refractivity contribution < 1.29 is 5.11 Å². The monoisotopic (exact) mass is 233 g/mol. The molecule has 0 saturated carbocycles. The first-order chi connectivity index (χ1) is 7.86. The van der Waals surface area contributed by atoms with E-state index in [1.165, 1.54) is 5.56 Å². The zero-order chi connectivity index (χ0) is 11.2. The van der Waals surface area contributed by atoms with Crippen molar-refractivity contribution in [2.75, 3.05) is 6.54 Å². The molecule has 2 N–H and O–H groups in total. The minimum absolute atomic E-state index is 0.366. The van der Waals surface area contributed by atoms with Crippen LogP contribution in [0.1, 0.15) is 11.1 Å². The first-order valence-electron chi connectivity index (χ1n) is 5.35. The summed E-state index contributed by atoms with van der Waals surface area (Å²) in [4.78, 5) is 0. The zero-order valence-electron chi connectivity index (χ0n) is 9.02. The number of rotatable bonds is 5. The fourth-order valence-corrected chi connectivity index (χ4v) is 2.25. The van der Waals surface area contributed by atoms with Crippen molar-refractivity contribution in [1.29, 1.82) is 0 Å². The van der Waals surface area contributed by atoms with Crippen molar-refractivity contribution in [2.24, 2.45) is 0 Å². The molecule has 0 aliphatic heterocycles. The zero-order valence-corrected chi connectivity index (χ0v) is 9.83. The average Bonchev–Trinajstić information content (AvgIpc) is 2.79. The molecular formula is C13H15NOS. The van der Waals surface area contributed by atoms with Gasteiger partial charge < -0.3 is 10.4 Å². The van der Waals surface area contributed by atoms with Crippen molar-refractivity contribution in [3.05, 3.63) is 52.2 Å². The van der Waals surface area contributed by atoms with Crippen molar-refractivity contribution in [3.8, 4) is 5.75 Å². The lowest BCUT2D eigenvalue weighted by Crippen LogP contribution is -2.16. The summed E-state index contributed by atoms with van der Waals surface area (Å²) in [7, 11) is 0. The highest BCUT2D eigenvalue weighted by molar-refractivity contribution is 7.07. The van der Waals surface area contributed by atoms with Gasteiger partial charge in [0.05, 0.1) is 0 Å². The molecule has 3 heteroatoms. The van der Waals surface area contributed by atoms with Crippen LogP contribution in [0.3, 0.4) is 0 Å². The molecule has 84 valence electrons. The summed E-state index contributed by atoms with van der Waals surface area (Å²) in [5.41, 5.74) is 2.32. The summed E-state index contributed by atoms with van der Waals surface area (Å²) >= 11 is 1.73.